The minimum atomic E-state index is 0.387. The van der Waals surface area contributed by atoms with E-state index in [1.54, 1.807) is 7.11 Å². The summed E-state index contributed by atoms with van der Waals surface area (Å²) >= 11 is 3.59. The van der Waals surface area contributed by atoms with E-state index in [2.05, 4.69) is 46.4 Å². The van der Waals surface area contributed by atoms with Gasteiger partial charge in [0.05, 0.1) is 6.10 Å². The van der Waals surface area contributed by atoms with Crippen molar-refractivity contribution >= 4 is 15.9 Å². The quantitative estimate of drug-likeness (QED) is 0.916. The predicted octanol–water partition coefficient (Wildman–Crippen LogP) is 3.28. The summed E-state index contributed by atoms with van der Waals surface area (Å²) in [7, 11) is 1.79. The highest BCUT2D eigenvalue weighted by molar-refractivity contribution is 9.10. The van der Waals surface area contributed by atoms with Gasteiger partial charge in [0, 0.05) is 23.7 Å². The van der Waals surface area contributed by atoms with Crippen LogP contribution in [0.3, 0.4) is 0 Å². The van der Waals surface area contributed by atoms with Gasteiger partial charge < -0.3 is 10.1 Å². The number of hydrogen-bond donors (Lipinski definition) is 1. The Labute approximate surface area is 106 Å². The highest BCUT2D eigenvalue weighted by Crippen LogP contribution is 2.28. The summed E-state index contributed by atoms with van der Waals surface area (Å²) in [6.07, 6.45) is 2.72. The molecule has 1 fully saturated rings. The van der Waals surface area contributed by atoms with Gasteiger partial charge in [-0.15, -0.1) is 0 Å². The van der Waals surface area contributed by atoms with Crippen LogP contribution in [0.25, 0.3) is 0 Å². The van der Waals surface area contributed by atoms with Crippen molar-refractivity contribution in [1.29, 1.82) is 0 Å². The van der Waals surface area contributed by atoms with Crippen molar-refractivity contribution in [2.75, 3.05) is 7.11 Å². The van der Waals surface area contributed by atoms with E-state index in [0.717, 1.165) is 12.8 Å². The molecule has 0 aliphatic heterocycles. The summed E-state index contributed by atoms with van der Waals surface area (Å²) in [5.41, 5.74) is 1.32. The first kappa shape index (κ1) is 12.1. The molecule has 0 unspecified atom stereocenters. The molecule has 0 heterocycles. The molecule has 0 saturated heterocycles. The molecule has 2 nitrogen and oxygen atoms in total. The molecule has 1 aromatic rings. The Morgan fingerprint density at radius 1 is 1.38 bits per heavy atom. The maximum absolute atomic E-state index is 5.28. The number of halogens is 1. The zero-order chi connectivity index (χ0) is 11.5. The number of rotatable bonds is 4. The van der Waals surface area contributed by atoms with E-state index in [1.807, 2.05) is 6.07 Å². The number of hydrogen-bond acceptors (Lipinski definition) is 2. The fraction of sp³-hybridized carbons (Fsp3) is 0.538. The first-order chi connectivity index (χ1) is 7.70. The van der Waals surface area contributed by atoms with Gasteiger partial charge in [-0.3, -0.25) is 0 Å². The summed E-state index contributed by atoms with van der Waals surface area (Å²) < 4.78 is 6.46. The Morgan fingerprint density at radius 2 is 2.06 bits per heavy atom. The average Bonchev–Trinajstić information content (AvgIpc) is 2.23. The van der Waals surface area contributed by atoms with Gasteiger partial charge in [-0.25, -0.2) is 0 Å². The Bertz CT molecular complexity index is 350. The molecule has 0 amide bonds. The van der Waals surface area contributed by atoms with Gasteiger partial charge in [0.2, 0.25) is 0 Å². The second kappa shape index (κ2) is 5.30. The summed E-state index contributed by atoms with van der Waals surface area (Å²) in [6.45, 7) is 2.21. The van der Waals surface area contributed by atoms with Crippen LogP contribution in [0.1, 0.15) is 31.4 Å². The Kier molecular flexibility index (Phi) is 4.00. The summed E-state index contributed by atoms with van der Waals surface area (Å²) in [6, 6.07) is 9.37. The average molecular weight is 284 g/mol. The molecule has 16 heavy (non-hydrogen) atoms. The molecule has 3 heteroatoms. The van der Waals surface area contributed by atoms with Crippen molar-refractivity contribution in [2.45, 2.75) is 38.0 Å². The third-order valence-corrected chi connectivity index (χ3v) is 4.01. The lowest BCUT2D eigenvalue weighted by Gasteiger charge is -2.37. The molecule has 0 aromatic heterocycles. The number of ether oxygens (including phenoxy) is 1. The van der Waals surface area contributed by atoms with Gasteiger partial charge in [-0.05, 0) is 31.4 Å². The Balaban J connectivity index is 1.89. The minimum Gasteiger partial charge on any atom is -0.381 e. The molecule has 1 aliphatic rings. The molecular weight excluding hydrogens is 266 g/mol. The summed E-state index contributed by atoms with van der Waals surface area (Å²) in [5, 5.41) is 3.63. The number of nitrogens with one attached hydrogen (secondary N) is 1. The maximum Gasteiger partial charge on any atom is 0.0601 e. The smallest absolute Gasteiger partial charge is 0.0601 e. The predicted molar refractivity (Wildman–Crippen MR) is 69.5 cm³/mol. The van der Waals surface area contributed by atoms with Gasteiger partial charge in [0.15, 0.2) is 0 Å². The molecule has 1 N–H and O–H groups in total. The lowest BCUT2D eigenvalue weighted by molar-refractivity contribution is 0.0147. The van der Waals surface area contributed by atoms with E-state index < -0.39 is 0 Å². The van der Waals surface area contributed by atoms with Crippen molar-refractivity contribution in [3.8, 4) is 0 Å². The third-order valence-electron chi connectivity index (χ3n) is 3.29. The van der Waals surface area contributed by atoms with E-state index in [1.165, 1.54) is 10.0 Å². The van der Waals surface area contributed by atoms with Gasteiger partial charge in [-0.1, -0.05) is 34.1 Å². The second-order valence-electron chi connectivity index (χ2n) is 4.44. The van der Waals surface area contributed by atoms with E-state index >= 15 is 0 Å². The van der Waals surface area contributed by atoms with Crippen LogP contribution in [0.15, 0.2) is 28.7 Å². The minimum absolute atomic E-state index is 0.387. The fourth-order valence-corrected chi connectivity index (χ4v) is 2.79. The van der Waals surface area contributed by atoms with Gasteiger partial charge >= 0.3 is 0 Å². The lowest BCUT2D eigenvalue weighted by Crippen LogP contribution is -2.45. The first-order valence-electron chi connectivity index (χ1n) is 5.74. The van der Waals surface area contributed by atoms with E-state index in [-0.39, 0.29) is 0 Å². The van der Waals surface area contributed by atoms with Crippen LogP contribution < -0.4 is 5.32 Å². The highest BCUT2D eigenvalue weighted by atomic mass is 79.9. The Hall–Kier alpha value is -0.380. The van der Waals surface area contributed by atoms with Gasteiger partial charge in [0.25, 0.3) is 0 Å². The van der Waals surface area contributed by atoms with Crippen molar-refractivity contribution in [2.24, 2.45) is 0 Å². The largest absolute Gasteiger partial charge is 0.381 e. The van der Waals surface area contributed by atoms with E-state index in [4.69, 9.17) is 4.74 Å². The number of methoxy groups -OCH3 is 1. The lowest BCUT2D eigenvalue weighted by atomic mass is 9.88. The standard InChI is InChI=1S/C13H18BrNO/c1-9(12-5-3-4-6-13(12)14)15-10-7-11(8-10)16-2/h3-6,9-11,15H,7-8H2,1-2H3/t9-,10?,11?/m1/s1. The Morgan fingerprint density at radius 3 is 2.69 bits per heavy atom. The summed E-state index contributed by atoms with van der Waals surface area (Å²) in [4.78, 5) is 0. The van der Waals surface area contributed by atoms with E-state index in [0.29, 0.717) is 18.2 Å². The zero-order valence-corrected chi connectivity index (χ0v) is 11.3. The molecule has 1 aliphatic carbocycles. The molecule has 1 atom stereocenters. The second-order valence-corrected chi connectivity index (χ2v) is 5.29. The van der Waals surface area contributed by atoms with E-state index in [9.17, 15) is 0 Å². The molecular formula is C13H18BrNO. The highest BCUT2D eigenvalue weighted by Gasteiger charge is 2.29. The number of benzene rings is 1. The zero-order valence-electron chi connectivity index (χ0n) is 9.74. The van der Waals surface area contributed by atoms with Gasteiger partial charge in [0.1, 0.15) is 0 Å². The van der Waals surface area contributed by atoms with Crippen molar-refractivity contribution < 1.29 is 4.74 Å². The molecule has 0 bridgehead atoms. The molecule has 2 rings (SSSR count). The SMILES string of the molecule is COC1CC(N[C@H](C)c2ccccc2Br)C1. The topological polar surface area (TPSA) is 21.3 Å². The van der Waals surface area contributed by atoms with Crippen molar-refractivity contribution in [3.05, 3.63) is 34.3 Å². The van der Waals surface area contributed by atoms with Crippen LogP contribution in [-0.4, -0.2) is 19.3 Å². The van der Waals surface area contributed by atoms with Crippen LogP contribution in [-0.2, 0) is 4.74 Å². The van der Waals surface area contributed by atoms with Crippen LogP contribution in [0.5, 0.6) is 0 Å². The van der Waals surface area contributed by atoms with Crippen LogP contribution >= 0.6 is 15.9 Å². The molecule has 0 radical (unpaired) electrons. The summed E-state index contributed by atoms with van der Waals surface area (Å²) in [5.74, 6) is 0. The maximum atomic E-state index is 5.28. The van der Waals surface area contributed by atoms with Crippen LogP contribution in [0, 0.1) is 0 Å². The van der Waals surface area contributed by atoms with Crippen LogP contribution in [0.4, 0.5) is 0 Å². The normalized spacial score (nSPS) is 26.2. The first-order valence-corrected chi connectivity index (χ1v) is 6.53. The molecule has 1 saturated carbocycles. The molecule has 0 spiro atoms. The van der Waals surface area contributed by atoms with Crippen molar-refractivity contribution in [1.82, 2.24) is 5.32 Å². The molecule has 1 aromatic carbocycles. The monoisotopic (exact) mass is 283 g/mol. The fourth-order valence-electron chi connectivity index (χ4n) is 2.16. The van der Waals surface area contributed by atoms with Crippen molar-refractivity contribution in [3.63, 3.8) is 0 Å². The van der Waals surface area contributed by atoms with Gasteiger partial charge in [-0.2, -0.15) is 0 Å². The third kappa shape index (κ3) is 2.65. The van der Waals surface area contributed by atoms with Crippen LogP contribution in [0.2, 0.25) is 0 Å². The molecule has 88 valence electrons.